The summed E-state index contributed by atoms with van der Waals surface area (Å²) < 4.78 is 0. The van der Waals surface area contributed by atoms with Gasteiger partial charge in [0.25, 0.3) is 5.91 Å². The lowest BCUT2D eigenvalue weighted by Gasteiger charge is -2.25. The van der Waals surface area contributed by atoms with Crippen molar-refractivity contribution in [1.29, 1.82) is 0 Å². The fourth-order valence-electron chi connectivity index (χ4n) is 3.46. The number of nitrogens with one attached hydrogen (secondary N) is 3. The minimum atomic E-state index is -0.893. The van der Waals surface area contributed by atoms with Crippen LogP contribution in [0.1, 0.15) is 38.5 Å². The fraction of sp³-hybridized carbons (Fsp3) is 0.786. The lowest BCUT2D eigenvalue weighted by Crippen LogP contribution is -2.49. The Balaban J connectivity index is 1.50. The van der Waals surface area contributed by atoms with Crippen LogP contribution in [0.3, 0.4) is 0 Å². The first-order valence-corrected chi connectivity index (χ1v) is 7.74. The van der Waals surface area contributed by atoms with Crippen LogP contribution in [0.2, 0.25) is 0 Å². The van der Waals surface area contributed by atoms with Gasteiger partial charge in [-0.25, -0.2) is 4.79 Å². The first-order valence-electron chi connectivity index (χ1n) is 7.74. The van der Waals surface area contributed by atoms with Gasteiger partial charge in [0.05, 0.1) is 6.54 Å². The number of carbonyl (C=O) groups is 3. The number of imide groups is 1. The van der Waals surface area contributed by atoms with Gasteiger partial charge in [0.15, 0.2) is 0 Å². The molecule has 3 aliphatic rings. The van der Waals surface area contributed by atoms with Crippen molar-refractivity contribution in [2.45, 2.75) is 50.1 Å². The van der Waals surface area contributed by atoms with Crippen LogP contribution in [0.25, 0.3) is 0 Å². The molecule has 3 aliphatic heterocycles. The van der Waals surface area contributed by atoms with Crippen LogP contribution in [-0.4, -0.2) is 54.0 Å². The van der Waals surface area contributed by atoms with Crippen LogP contribution in [0.5, 0.6) is 0 Å². The zero-order valence-corrected chi connectivity index (χ0v) is 12.1. The number of hydrogen-bond donors (Lipinski definition) is 3. The third-order valence-electron chi connectivity index (χ3n) is 4.76. The van der Waals surface area contributed by atoms with E-state index in [1.54, 1.807) is 4.90 Å². The molecule has 21 heavy (non-hydrogen) atoms. The van der Waals surface area contributed by atoms with Crippen molar-refractivity contribution in [1.82, 2.24) is 20.9 Å². The summed E-state index contributed by atoms with van der Waals surface area (Å²) in [6.45, 7) is 1.87. The summed E-state index contributed by atoms with van der Waals surface area (Å²) in [5.74, 6) is -0.232. The highest BCUT2D eigenvalue weighted by Crippen LogP contribution is 2.25. The normalized spacial score (nSPS) is 32.4. The molecule has 2 unspecified atom stereocenters. The van der Waals surface area contributed by atoms with Gasteiger partial charge >= 0.3 is 6.03 Å². The van der Waals surface area contributed by atoms with Gasteiger partial charge in [0, 0.05) is 19.0 Å². The summed E-state index contributed by atoms with van der Waals surface area (Å²) in [5, 5.41) is 8.35. The molecule has 3 N–H and O–H groups in total. The van der Waals surface area contributed by atoms with E-state index in [4.69, 9.17) is 0 Å². The number of likely N-dealkylation sites (tertiary alicyclic amines) is 1. The Labute approximate surface area is 123 Å². The van der Waals surface area contributed by atoms with E-state index in [-0.39, 0.29) is 11.8 Å². The first kappa shape index (κ1) is 14.3. The van der Waals surface area contributed by atoms with Crippen molar-refractivity contribution in [2.24, 2.45) is 0 Å². The molecule has 0 aromatic carbocycles. The molecule has 7 heteroatoms. The van der Waals surface area contributed by atoms with Crippen LogP contribution in [0.15, 0.2) is 0 Å². The molecule has 0 aromatic heterocycles. The maximum atomic E-state index is 12.3. The van der Waals surface area contributed by atoms with E-state index in [2.05, 4.69) is 16.0 Å². The molecule has 4 amide bonds. The van der Waals surface area contributed by atoms with Gasteiger partial charge in [-0.05, 0) is 32.2 Å². The minimum absolute atomic E-state index is 0.0770. The van der Waals surface area contributed by atoms with Crippen molar-refractivity contribution in [3.05, 3.63) is 0 Å². The second-order valence-electron chi connectivity index (χ2n) is 6.24. The largest absolute Gasteiger partial charge is 0.340 e. The number of urea groups is 1. The van der Waals surface area contributed by atoms with E-state index in [0.717, 1.165) is 19.4 Å². The highest BCUT2D eigenvalue weighted by Gasteiger charge is 2.51. The Morgan fingerprint density at radius 1 is 1.33 bits per heavy atom. The molecular formula is C14H22N4O3. The van der Waals surface area contributed by atoms with Crippen LogP contribution >= 0.6 is 0 Å². The second kappa shape index (κ2) is 5.63. The molecule has 116 valence electrons. The number of piperidine rings is 1. The van der Waals surface area contributed by atoms with Gasteiger partial charge in [-0.3, -0.25) is 14.9 Å². The summed E-state index contributed by atoms with van der Waals surface area (Å²) in [6.07, 6.45) is 5.43. The van der Waals surface area contributed by atoms with Gasteiger partial charge in [-0.15, -0.1) is 0 Å². The van der Waals surface area contributed by atoms with Crippen LogP contribution in [0.4, 0.5) is 4.79 Å². The third kappa shape index (κ3) is 2.88. The molecule has 0 aliphatic carbocycles. The van der Waals surface area contributed by atoms with Crippen LogP contribution < -0.4 is 16.0 Å². The molecule has 3 fully saturated rings. The number of hydrogen-bond acceptors (Lipinski definition) is 4. The highest BCUT2D eigenvalue weighted by atomic mass is 16.2. The molecular weight excluding hydrogens is 272 g/mol. The standard InChI is InChI=1S/C14H22N4O3/c19-11(5-4-10-3-1-2-7-15-10)18-8-6-14(9-18)12(20)16-13(21)17-14/h10,15H,1-9H2,(H2,16,17,20,21). The van der Waals surface area contributed by atoms with Gasteiger partial charge in [-0.1, -0.05) is 6.42 Å². The zero-order chi connectivity index (χ0) is 14.9. The monoisotopic (exact) mass is 294 g/mol. The Morgan fingerprint density at radius 2 is 2.19 bits per heavy atom. The molecule has 3 rings (SSSR count). The summed E-state index contributed by atoms with van der Waals surface area (Å²) >= 11 is 0. The summed E-state index contributed by atoms with van der Waals surface area (Å²) in [6, 6.07) is -0.0190. The lowest BCUT2D eigenvalue weighted by molar-refractivity contribution is -0.131. The fourth-order valence-corrected chi connectivity index (χ4v) is 3.46. The maximum Gasteiger partial charge on any atom is 0.322 e. The van der Waals surface area contributed by atoms with E-state index in [9.17, 15) is 14.4 Å². The van der Waals surface area contributed by atoms with Gasteiger partial charge in [0.1, 0.15) is 5.54 Å². The van der Waals surface area contributed by atoms with E-state index in [0.29, 0.717) is 32.0 Å². The van der Waals surface area contributed by atoms with Gasteiger partial charge in [-0.2, -0.15) is 0 Å². The van der Waals surface area contributed by atoms with E-state index < -0.39 is 11.6 Å². The van der Waals surface area contributed by atoms with E-state index in [1.165, 1.54) is 12.8 Å². The Bertz CT molecular complexity index is 461. The molecule has 0 saturated carbocycles. The second-order valence-corrected chi connectivity index (χ2v) is 6.24. The lowest BCUT2D eigenvalue weighted by atomic mass is 9.99. The maximum absolute atomic E-state index is 12.3. The zero-order valence-electron chi connectivity index (χ0n) is 12.1. The molecule has 7 nitrogen and oxygen atoms in total. The molecule has 3 heterocycles. The number of rotatable bonds is 3. The van der Waals surface area contributed by atoms with Gasteiger partial charge in [0.2, 0.25) is 5.91 Å². The molecule has 2 atom stereocenters. The minimum Gasteiger partial charge on any atom is -0.340 e. The van der Waals surface area contributed by atoms with Crippen molar-refractivity contribution in [3.63, 3.8) is 0 Å². The number of carbonyl (C=O) groups excluding carboxylic acids is 3. The van der Waals surface area contributed by atoms with Crippen molar-refractivity contribution >= 4 is 17.8 Å². The molecule has 3 saturated heterocycles. The number of amides is 4. The molecule has 0 bridgehead atoms. The van der Waals surface area contributed by atoms with Crippen molar-refractivity contribution in [3.8, 4) is 0 Å². The van der Waals surface area contributed by atoms with E-state index in [1.807, 2.05) is 0 Å². The van der Waals surface area contributed by atoms with Crippen molar-refractivity contribution < 1.29 is 14.4 Å². The van der Waals surface area contributed by atoms with Gasteiger partial charge < -0.3 is 15.5 Å². The smallest absolute Gasteiger partial charge is 0.322 e. The Hall–Kier alpha value is -1.63. The quantitative estimate of drug-likeness (QED) is 0.624. The van der Waals surface area contributed by atoms with Crippen LogP contribution in [-0.2, 0) is 9.59 Å². The van der Waals surface area contributed by atoms with E-state index >= 15 is 0 Å². The average Bonchev–Trinajstić information content (AvgIpc) is 3.02. The average molecular weight is 294 g/mol. The number of nitrogens with zero attached hydrogens (tertiary/aromatic N) is 1. The summed E-state index contributed by atoms with van der Waals surface area (Å²) in [7, 11) is 0. The molecule has 0 radical (unpaired) electrons. The first-order chi connectivity index (χ1) is 10.1. The third-order valence-corrected chi connectivity index (χ3v) is 4.76. The highest BCUT2D eigenvalue weighted by molar-refractivity contribution is 6.07. The molecule has 0 aromatic rings. The molecule has 1 spiro atoms. The SMILES string of the molecule is O=C1NC(=O)C2(CCN(C(=O)CCC3CCCCN3)C2)N1. The summed E-state index contributed by atoms with van der Waals surface area (Å²) in [4.78, 5) is 37.1. The Morgan fingerprint density at radius 3 is 2.86 bits per heavy atom. The topological polar surface area (TPSA) is 90.5 Å². The van der Waals surface area contributed by atoms with Crippen LogP contribution in [0, 0.1) is 0 Å². The predicted molar refractivity (Wildman–Crippen MR) is 75.5 cm³/mol. The summed E-state index contributed by atoms with van der Waals surface area (Å²) in [5.41, 5.74) is -0.893. The Kier molecular flexibility index (Phi) is 3.84. The van der Waals surface area contributed by atoms with Crippen molar-refractivity contribution in [2.75, 3.05) is 19.6 Å². The predicted octanol–water partition coefficient (Wildman–Crippen LogP) is -0.281.